The summed E-state index contributed by atoms with van der Waals surface area (Å²) in [4.78, 5) is 11.1. The van der Waals surface area contributed by atoms with E-state index in [2.05, 4.69) is 9.47 Å². The predicted octanol–water partition coefficient (Wildman–Crippen LogP) is -3.97. The van der Waals surface area contributed by atoms with Gasteiger partial charge in [0.2, 0.25) is 12.1 Å². The Balaban J connectivity index is 2.83. The van der Waals surface area contributed by atoms with Crippen molar-refractivity contribution >= 4 is 5.97 Å². The maximum absolute atomic E-state index is 11.1. The fraction of sp³-hybridized carbons (Fsp3) is 0.889. The number of carbonyl (C=O) groups excluding carboxylic acids is 1. The Bertz CT molecular complexity index is 306. The Labute approximate surface area is 102 Å². The molecule has 0 aromatic carbocycles. The highest BCUT2D eigenvalue weighted by Gasteiger charge is 2.54. The van der Waals surface area contributed by atoms with Crippen LogP contribution in [0.2, 0.25) is 0 Å². The van der Waals surface area contributed by atoms with Crippen molar-refractivity contribution in [2.75, 3.05) is 6.61 Å². The number of ether oxygens (including phenoxy) is 2. The van der Waals surface area contributed by atoms with Crippen LogP contribution in [0, 0.1) is 0 Å². The van der Waals surface area contributed by atoms with Gasteiger partial charge in [0.25, 0.3) is 0 Å². The highest BCUT2D eigenvalue weighted by atomic mass is 16.8. The number of rotatable bonds is 3. The minimum atomic E-state index is -2.58. The van der Waals surface area contributed by atoms with Gasteiger partial charge in [0.05, 0.1) is 6.61 Å². The summed E-state index contributed by atoms with van der Waals surface area (Å²) >= 11 is 0. The van der Waals surface area contributed by atoms with E-state index in [0.29, 0.717) is 0 Å². The van der Waals surface area contributed by atoms with E-state index in [1.165, 1.54) is 0 Å². The third-order valence-electron chi connectivity index (χ3n) is 2.53. The Morgan fingerprint density at radius 2 is 1.94 bits per heavy atom. The third-order valence-corrected chi connectivity index (χ3v) is 2.53. The first kappa shape index (κ1) is 15.2. The minimum Gasteiger partial charge on any atom is -0.431 e. The molecule has 106 valence electrons. The van der Waals surface area contributed by atoms with E-state index in [9.17, 15) is 25.2 Å². The zero-order valence-electron chi connectivity index (χ0n) is 9.50. The van der Waals surface area contributed by atoms with Crippen LogP contribution in [0.5, 0.6) is 0 Å². The van der Waals surface area contributed by atoms with Crippen molar-refractivity contribution in [3.05, 3.63) is 0 Å². The summed E-state index contributed by atoms with van der Waals surface area (Å²) in [6.07, 6.45) is -9.06. The van der Waals surface area contributed by atoms with Gasteiger partial charge in [-0.3, -0.25) is 0 Å². The fourth-order valence-corrected chi connectivity index (χ4v) is 1.39. The van der Waals surface area contributed by atoms with Crippen molar-refractivity contribution in [2.24, 2.45) is 0 Å². The van der Waals surface area contributed by atoms with Gasteiger partial charge in [-0.1, -0.05) is 0 Å². The molecule has 6 N–H and O–H groups in total. The van der Waals surface area contributed by atoms with Gasteiger partial charge in [-0.05, 0) is 6.92 Å². The summed E-state index contributed by atoms with van der Waals surface area (Å²) in [5, 5.41) is 55.7. The zero-order chi connectivity index (χ0) is 14.1. The quantitative estimate of drug-likeness (QED) is 0.281. The summed E-state index contributed by atoms with van der Waals surface area (Å²) in [6, 6.07) is 0. The van der Waals surface area contributed by atoms with Gasteiger partial charge in [-0.15, -0.1) is 0 Å². The van der Waals surface area contributed by atoms with Crippen LogP contribution in [0.1, 0.15) is 6.92 Å². The molecule has 1 saturated heterocycles. The van der Waals surface area contributed by atoms with E-state index in [0.717, 1.165) is 6.92 Å². The number of aliphatic hydroxyl groups is 6. The average molecular weight is 268 g/mol. The number of hydrogen-bond donors (Lipinski definition) is 6. The maximum Gasteiger partial charge on any atom is 0.337 e. The van der Waals surface area contributed by atoms with Crippen LogP contribution < -0.4 is 0 Å². The standard InChI is InChI=1S/C9H16O9/c1-3(11)7(15)17-8-5(13)4(12)6(14)9(16,2-10)18-8/h3-6,8,10-14,16H,2H2,1H3/t3?,4-,5+,6+,8?,9+/m1/s1. The van der Waals surface area contributed by atoms with Gasteiger partial charge in [-0.2, -0.15) is 0 Å². The van der Waals surface area contributed by atoms with Crippen LogP contribution in [0.3, 0.4) is 0 Å². The molecular formula is C9H16O9. The molecular weight excluding hydrogens is 252 g/mol. The van der Waals surface area contributed by atoms with E-state index >= 15 is 0 Å². The second kappa shape index (κ2) is 5.45. The van der Waals surface area contributed by atoms with Crippen LogP contribution in [0.4, 0.5) is 0 Å². The van der Waals surface area contributed by atoms with Gasteiger partial charge < -0.3 is 40.1 Å². The molecule has 1 heterocycles. The first-order valence-corrected chi connectivity index (χ1v) is 5.16. The number of esters is 1. The average Bonchev–Trinajstić information content (AvgIpc) is 2.33. The molecule has 0 saturated carbocycles. The SMILES string of the molecule is CC(O)C(=O)OC1O[C@@](O)(CO)[C@@H](O)[C@H](O)[C@@H]1O. The highest BCUT2D eigenvalue weighted by molar-refractivity contribution is 5.73. The molecule has 6 atom stereocenters. The third kappa shape index (κ3) is 2.78. The topological polar surface area (TPSA) is 157 Å². The zero-order valence-corrected chi connectivity index (χ0v) is 9.50. The van der Waals surface area contributed by atoms with E-state index in [4.69, 9.17) is 10.2 Å². The molecule has 1 aliphatic heterocycles. The molecule has 1 aliphatic rings. The number of hydrogen-bond acceptors (Lipinski definition) is 9. The largest absolute Gasteiger partial charge is 0.431 e. The van der Waals surface area contributed by atoms with Crippen molar-refractivity contribution in [2.45, 2.75) is 43.4 Å². The Hall–Kier alpha value is -0.810. The highest BCUT2D eigenvalue weighted by Crippen LogP contribution is 2.28. The van der Waals surface area contributed by atoms with Crippen LogP contribution in [-0.4, -0.2) is 79.7 Å². The molecule has 18 heavy (non-hydrogen) atoms. The summed E-state index contributed by atoms with van der Waals surface area (Å²) < 4.78 is 9.11. The Morgan fingerprint density at radius 3 is 2.39 bits per heavy atom. The van der Waals surface area contributed by atoms with E-state index in [1.54, 1.807) is 0 Å². The van der Waals surface area contributed by atoms with Crippen molar-refractivity contribution in [1.82, 2.24) is 0 Å². The van der Waals surface area contributed by atoms with Gasteiger partial charge >= 0.3 is 5.97 Å². The lowest BCUT2D eigenvalue weighted by atomic mass is 9.96. The Morgan fingerprint density at radius 1 is 1.39 bits per heavy atom. The van der Waals surface area contributed by atoms with E-state index < -0.39 is 49.1 Å². The first-order chi connectivity index (χ1) is 8.23. The lowest BCUT2D eigenvalue weighted by molar-refractivity contribution is -0.391. The predicted molar refractivity (Wildman–Crippen MR) is 52.7 cm³/mol. The summed E-state index contributed by atoms with van der Waals surface area (Å²) in [5.74, 6) is -3.75. The van der Waals surface area contributed by atoms with E-state index in [-0.39, 0.29) is 0 Å². The second-order valence-electron chi connectivity index (χ2n) is 4.03. The van der Waals surface area contributed by atoms with Crippen molar-refractivity contribution in [3.8, 4) is 0 Å². The molecule has 0 aromatic heterocycles. The van der Waals surface area contributed by atoms with E-state index in [1.807, 2.05) is 0 Å². The van der Waals surface area contributed by atoms with Gasteiger partial charge in [-0.25, -0.2) is 4.79 Å². The van der Waals surface area contributed by atoms with Gasteiger partial charge in [0, 0.05) is 0 Å². The van der Waals surface area contributed by atoms with Crippen LogP contribution >= 0.6 is 0 Å². The molecule has 9 heteroatoms. The molecule has 1 rings (SSSR count). The number of aliphatic hydroxyl groups excluding tert-OH is 5. The smallest absolute Gasteiger partial charge is 0.337 e. The monoisotopic (exact) mass is 268 g/mol. The molecule has 0 bridgehead atoms. The van der Waals surface area contributed by atoms with Crippen molar-refractivity contribution < 1.29 is 44.9 Å². The summed E-state index contributed by atoms with van der Waals surface area (Å²) in [7, 11) is 0. The molecule has 2 unspecified atom stereocenters. The second-order valence-corrected chi connectivity index (χ2v) is 4.03. The fourth-order valence-electron chi connectivity index (χ4n) is 1.39. The molecule has 1 fully saturated rings. The minimum absolute atomic E-state index is 1.10. The first-order valence-electron chi connectivity index (χ1n) is 5.16. The molecule has 0 spiro atoms. The maximum atomic E-state index is 11.1. The Kier molecular flexibility index (Phi) is 4.61. The van der Waals surface area contributed by atoms with Crippen LogP contribution in [0.25, 0.3) is 0 Å². The molecule has 9 nitrogen and oxygen atoms in total. The van der Waals surface area contributed by atoms with Crippen molar-refractivity contribution in [1.29, 1.82) is 0 Å². The normalized spacial score (nSPS) is 42.4. The van der Waals surface area contributed by atoms with Crippen LogP contribution in [0.15, 0.2) is 0 Å². The van der Waals surface area contributed by atoms with Crippen molar-refractivity contribution in [3.63, 3.8) is 0 Å². The molecule has 0 amide bonds. The van der Waals surface area contributed by atoms with Gasteiger partial charge in [0.15, 0.2) is 0 Å². The van der Waals surface area contributed by atoms with Gasteiger partial charge in [0.1, 0.15) is 24.4 Å². The number of carbonyl (C=O) groups is 1. The molecule has 0 aliphatic carbocycles. The lowest BCUT2D eigenvalue weighted by Gasteiger charge is -2.44. The van der Waals surface area contributed by atoms with Crippen LogP contribution in [-0.2, 0) is 14.3 Å². The molecule has 0 aromatic rings. The summed E-state index contributed by atoms with van der Waals surface area (Å²) in [5.41, 5.74) is 0. The lowest BCUT2D eigenvalue weighted by Crippen LogP contribution is -2.66. The summed E-state index contributed by atoms with van der Waals surface area (Å²) in [6.45, 7) is 0.00172. The molecule has 0 radical (unpaired) electrons.